The molecule has 0 spiro atoms. The monoisotopic (exact) mass is 542 g/mol. The second kappa shape index (κ2) is 13.6. The summed E-state index contributed by atoms with van der Waals surface area (Å²) in [5.74, 6) is -1.40. The second-order valence-corrected chi connectivity index (χ2v) is 9.83. The lowest BCUT2D eigenvalue weighted by atomic mass is 10.0. The average molecular weight is 543 g/mol. The predicted octanol–water partition coefficient (Wildman–Crippen LogP) is 4.94. The van der Waals surface area contributed by atoms with Crippen LogP contribution in [0.15, 0.2) is 54.6 Å². The van der Waals surface area contributed by atoms with Crippen molar-refractivity contribution in [1.82, 2.24) is 0 Å². The van der Waals surface area contributed by atoms with E-state index in [0.717, 1.165) is 11.3 Å². The lowest BCUT2D eigenvalue weighted by Gasteiger charge is -2.24. The Morgan fingerprint density at radius 1 is 1.08 bits per heavy atom. The Hall–Kier alpha value is -3.37. The maximum atomic E-state index is 11.7. The van der Waals surface area contributed by atoms with Crippen molar-refractivity contribution in [2.45, 2.75) is 70.4 Å². The standard InChI is InChI=1S/C30H38O9/c1-19(31)8-6-10-25(37-18-20-12-14-22(35-4)15-13-20)28-26(38-30(2,3)39-28)11-7-9-21-16-23(36-5)17-24(32)27(21)29(33)34/h6-7,9-10,12-17,19,25-26,28,31-32H,8,11,18H2,1-5H3,(H,33,34)/b9-7+,10-6-/t19-,25?,26+,28+/m1/s1. The third-order valence-electron chi connectivity index (χ3n) is 6.19. The number of carboxylic acids is 1. The van der Waals surface area contributed by atoms with Gasteiger partial charge in [0.15, 0.2) is 5.79 Å². The summed E-state index contributed by atoms with van der Waals surface area (Å²) >= 11 is 0. The lowest BCUT2D eigenvalue weighted by Crippen LogP contribution is -2.36. The Kier molecular flexibility index (Phi) is 10.5. The number of carboxylic acid groups (broad SMARTS) is 1. The smallest absolute Gasteiger partial charge is 0.340 e. The van der Waals surface area contributed by atoms with Crippen LogP contribution in [0.1, 0.15) is 55.1 Å². The van der Waals surface area contributed by atoms with Gasteiger partial charge in [-0.2, -0.15) is 0 Å². The number of carbonyl (C=O) groups is 1. The SMILES string of the molecule is COc1ccc(COC(/C=C\C[C@@H](C)O)[C@@H]2OC(C)(C)O[C@H]2C/C=C/c2cc(OC)cc(O)c2C(=O)O)cc1. The summed E-state index contributed by atoms with van der Waals surface area (Å²) in [6.07, 6.45) is 6.11. The number of rotatable bonds is 13. The lowest BCUT2D eigenvalue weighted by molar-refractivity contribution is -0.156. The third-order valence-corrected chi connectivity index (χ3v) is 6.19. The quantitative estimate of drug-likeness (QED) is 0.302. The Morgan fingerprint density at radius 2 is 1.77 bits per heavy atom. The van der Waals surface area contributed by atoms with E-state index in [9.17, 15) is 20.1 Å². The highest BCUT2D eigenvalue weighted by atomic mass is 16.8. The van der Waals surface area contributed by atoms with Gasteiger partial charge in [-0.3, -0.25) is 0 Å². The van der Waals surface area contributed by atoms with Crippen molar-refractivity contribution >= 4 is 12.0 Å². The van der Waals surface area contributed by atoms with Crippen LogP contribution < -0.4 is 9.47 Å². The first-order chi connectivity index (χ1) is 18.5. The number of phenols is 1. The van der Waals surface area contributed by atoms with Crippen LogP contribution in [0.3, 0.4) is 0 Å². The van der Waals surface area contributed by atoms with Crippen LogP contribution in [0, 0.1) is 0 Å². The minimum atomic E-state index is -1.25. The Bertz CT molecular complexity index is 1150. The average Bonchev–Trinajstić information content (AvgIpc) is 3.19. The van der Waals surface area contributed by atoms with E-state index in [1.54, 1.807) is 32.3 Å². The van der Waals surface area contributed by atoms with E-state index in [4.69, 9.17) is 23.7 Å². The fourth-order valence-electron chi connectivity index (χ4n) is 4.34. The first-order valence-corrected chi connectivity index (χ1v) is 12.8. The van der Waals surface area contributed by atoms with Gasteiger partial charge in [0, 0.05) is 6.07 Å². The summed E-state index contributed by atoms with van der Waals surface area (Å²) in [5.41, 5.74) is 1.05. The molecule has 1 aliphatic heterocycles. The zero-order valence-corrected chi connectivity index (χ0v) is 23.0. The van der Waals surface area contributed by atoms with Gasteiger partial charge in [-0.25, -0.2) is 4.79 Å². The molecule has 1 heterocycles. The summed E-state index contributed by atoms with van der Waals surface area (Å²) < 4.78 is 29.1. The molecule has 0 amide bonds. The van der Waals surface area contributed by atoms with Crippen molar-refractivity contribution in [3.05, 3.63) is 71.3 Å². The van der Waals surface area contributed by atoms with Crippen molar-refractivity contribution in [3.63, 3.8) is 0 Å². The highest BCUT2D eigenvalue weighted by Gasteiger charge is 2.44. The van der Waals surface area contributed by atoms with Gasteiger partial charge < -0.3 is 39.0 Å². The molecule has 1 aliphatic rings. The summed E-state index contributed by atoms with van der Waals surface area (Å²) in [5, 5.41) is 29.5. The maximum absolute atomic E-state index is 11.7. The van der Waals surface area contributed by atoms with Crippen molar-refractivity contribution in [2.24, 2.45) is 0 Å². The molecule has 212 valence electrons. The number of methoxy groups -OCH3 is 2. The van der Waals surface area contributed by atoms with E-state index in [1.165, 1.54) is 13.2 Å². The number of aliphatic hydroxyl groups excluding tert-OH is 1. The molecule has 2 aromatic carbocycles. The highest BCUT2D eigenvalue weighted by molar-refractivity contribution is 5.95. The van der Waals surface area contributed by atoms with Crippen molar-refractivity contribution in [3.8, 4) is 17.2 Å². The highest BCUT2D eigenvalue weighted by Crippen LogP contribution is 2.35. The minimum absolute atomic E-state index is 0.214. The molecule has 39 heavy (non-hydrogen) atoms. The van der Waals surface area contributed by atoms with Crippen LogP contribution in [-0.2, 0) is 20.8 Å². The molecule has 0 aliphatic carbocycles. The summed E-state index contributed by atoms with van der Waals surface area (Å²) in [6.45, 7) is 5.69. The summed E-state index contributed by atoms with van der Waals surface area (Å²) in [4.78, 5) is 11.7. The van der Waals surface area contributed by atoms with E-state index in [1.807, 2.05) is 50.3 Å². The molecule has 0 radical (unpaired) electrons. The third kappa shape index (κ3) is 8.56. The normalized spacial score (nSPS) is 20.4. The molecule has 1 unspecified atom stereocenters. The molecule has 4 atom stereocenters. The van der Waals surface area contributed by atoms with E-state index in [-0.39, 0.29) is 11.3 Å². The Labute approximate surface area is 229 Å². The topological polar surface area (TPSA) is 124 Å². The van der Waals surface area contributed by atoms with Crippen molar-refractivity contribution in [2.75, 3.05) is 14.2 Å². The maximum Gasteiger partial charge on any atom is 0.340 e. The predicted molar refractivity (Wildman–Crippen MR) is 146 cm³/mol. The molecule has 0 aromatic heterocycles. The number of aromatic hydroxyl groups is 1. The first kappa shape index (κ1) is 30.2. The van der Waals surface area contributed by atoms with Gasteiger partial charge in [-0.1, -0.05) is 36.4 Å². The molecule has 1 fully saturated rings. The van der Waals surface area contributed by atoms with Crippen LogP contribution in [0.5, 0.6) is 17.2 Å². The first-order valence-electron chi connectivity index (χ1n) is 12.8. The van der Waals surface area contributed by atoms with Gasteiger partial charge in [-0.15, -0.1) is 0 Å². The molecule has 1 saturated heterocycles. The molecule has 9 heteroatoms. The van der Waals surface area contributed by atoms with E-state index in [0.29, 0.717) is 30.8 Å². The molecular formula is C30H38O9. The molecule has 9 nitrogen and oxygen atoms in total. The van der Waals surface area contributed by atoms with Crippen LogP contribution in [0.4, 0.5) is 0 Å². The van der Waals surface area contributed by atoms with Crippen molar-refractivity contribution in [1.29, 1.82) is 0 Å². The van der Waals surface area contributed by atoms with Gasteiger partial charge >= 0.3 is 5.97 Å². The summed E-state index contributed by atoms with van der Waals surface area (Å²) in [7, 11) is 3.05. The Balaban J connectivity index is 1.82. The van der Waals surface area contributed by atoms with Gasteiger partial charge in [-0.05, 0) is 62.9 Å². The number of benzene rings is 2. The van der Waals surface area contributed by atoms with Crippen LogP contribution in [0.2, 0.25) is 0 Å². The van der Waals surface area contributed by atoms with Gasteiger partial charge in [0.1, 0.15) is 35.0 Å². The van der Waals surface area contributed by atoms with Gasteiger partial charge in [0.25, 0.3) is 0 Å². The van der Waals surface area contributed by atoms with E-state index >= 15 is 0 Å². The minimum Gasteiger partial charge on any atom is -0.507 e. The molecular weight excluding hydrogens is 504 g/mol. The van der Waals surface area contributed by atoms with Crippen molar-refractivity contribution < 1.29 is 43.8 Å². The zero-order valence-electron chi connectivity index (χ0n) is 23.0. The second-order valence-electron chi connectivity index (χ2n) is 9.83. The number of ether oxygens (including phenoxy) is 5. The van der Waals surface area contributed by atoms with E-state index in [2.05, 4.69) is 0 Å². The fourth-order valence-corrected chi connectivity index (χ4v) is 4.34. The molecule has 3 rings (SSSR count). The number of hydrogen-bond donors (Lipinski definition) is 3. The van der Waals surface area contributed by atoms with Crippen LogP contribution in [0.25, 0.3) is 6.08 Å². The summed E-state index contributed by atoms with van der Waals surface area (Å²) in [6, 6.07) is 10.4. The zero-order chi connectivity index (χ0) is 28.6. The molecule has 0 bridgehead atoms. The number of aliphatic hydroxyl groups is 1. The largest absolute Gasteiger partial charge is 0.507 e. The number of hydrogen-bond acceptors (Lipinski definition) is 8. The fraction of sp³-hybridized carbons (Fsp3) is 0.433. The Morgan fingerprint density at radius 3 is 2.38 bits per heavy atom. The molecule has 3 N–H and O–H groups in total. The van der Waals surface area contributed by atoms with Gasteiger partial charge in [0.05, 0.1) is 33.0 Å². The molecule has 0 saturated carbocycles. The van der Waals surface area contributed by atoms with Crippen LogP contribution in [-0.4, -0.2) is 65.7 Å². The van der Waals surface area contributed by atoms with Crippen LogP contribution >= 0.6 is 0 Å². The van der Waals surface area contributed by atoms with E-state index < -0.39 is 36.2 Å². The van der Waals surface area contributed by atoms with Gasteiger partial charge in [0.2, 0.25) is 0 Å². The molecule has 2 aromatic rings. The number of aromatic carboxylic acids is 1.